The van der Waals surface area contributed by atoms with E-state index in [2.05, 4.69) is 12.1 Å². The van der Waals surface area contributed by atoms with E-state index in [-0.39, 0.29) is 17.3 Å². The number of hydrogen-bond donors (Lipinski definition) is 0. The second kappa shape index (κ2) is 7.66. The second-order valence-electron chi connectivity index (χ2n) is 5.69. The van der Waals surface area contributed by atoms with Crippen molar-refractivity contribution in [3.05, 3.63) is 66.2 Å². The fourth-order valence-corrected chi connectivity index (χ4v) is 3.84. The zero-order chi connectivity index (χ0) is 16.1. The van der Waals surface area contributed by atoms with Crippen LogP contribution in [0.5, 0.6) is 0 Å². The van der Waals surface area contributed by atoms with Crippen molar-refractivity contribution < 1.29 is 9.53 Å². The predicted octanol–water partition coefficient (Wildman–Crippen LogP) is 3.77. The van der Waals surface area contributed by atoms with E-state index in [0.717, 1.165) is 10.5 Å². The summed E-state index contributed by atoms with van der Waals surface area (Å²) < 4.78 is 5.56. The standard InChI is InChI=1S/C19H21NO2S/c1-15-14-20(12-13-22-15)19(21)18(16-8-4-2-5-9-16)23-17-10-6-3-7-11-17/h2-11,15,18H,12-14H2,1H3. The Morgan fingerprint density at radius 2 is 1.78 bits per heavy atom. The summed E-state index contributed by atoms with van der Waals surface area (Å²) in [4.78, 5) is 16.1. The third kappa shape index (κ3) is 4.15. The van der Waals surface area contributed by atoms with Gasteiger partial charge in [-0.2, -0.15) is 0 Å². The van der Waals surface area contributed by atoms with Crippen molar-refractivity contribution >= 4 is 17.7 Å². The number of hydrogen-bond acceptors (Lipinski definition) is 3. The van der Waals surface area contributed by atoms with E-state index in [0.29, 0.717) is 19.7 Å². The summed E-state index contributed by atoms with van der Waals surface area (Å²) in [6.07, 6.45) is 0.103. The van der Waals surface area contributed by atoms with Crippen molar-refractivity contribution in [1.82, 2.24) is 4.90 Å². The summed E-state index contributed by atoms with van der Waals surface area (Å²) in [6, 6.07) is 20.1. The quantitative estimate of drug-likeness (QED) is 0.801. The highest BCUT2D eigenvalue weighted by Gasteiger charge is 2.29. The van der Waals surface area contributed by atoms with Gasteiger partial charge in [0.05, 0.1) is 12.7 Å². The van der Waals surface area contributed by atoms with Crippen molar-refractivity contribution in [2.45, 2.75) is 23.2 Å². The summed E-state index contributed by atoms with van der Waals surface area (Å²) in [7, 11) is 0. The predicted molar refractivity (Wildman–Crippen MR) is 93.5 cm³/mol. The second-order valence-corrected chi connectivity index (χ2v) is 6.87. The fraction of sp³-hybridized carbons (Fsp3) is 0.316. The Morgan fingerprint density at radius 1 is 1.13 bits per heavy atom. The number of ether oxygens (including phenoxy) is 1. The van der Waals surface area contributed by atoms with Crippen LogP contribution >= 0.6 is 11.8 Å². The van der Waals surface area contributed by atoms with Crippen LogP contribution in [-0.2, 0) is 9.53 Å². The largest absolute Gasteiger partial charge is 0.375 e. The monoisotopic (exact) mass is 327 g/mol. The van der Waals surface area contributed by atoms with Crippen LogP contribution in [-0.4, -0.2) is 36.6 Å². The van der Waals surface area contributed by atoms with Crippen LogP contribution in [0.2, 0.25) is 0 Å². The number of carbonyl (C=O) groups is 1. The SMILES string of the molecule is CC1CN(C(=O)C(Sc2ccccc2)c2ccccc2)CCO1. The Bertz CT molecular complexity index is 632. The first kappa shape index (κ1) is 16.1. The molecule has 2 atom stereocenters. The molecule has 2 aromatic rings. The molecule has 3 nitrogen and oxygen atoms in total. The number of benzene rings is 2. The summed E-state index contributed by atoms with van der Waals surface area (Å²) in [6.45, 7) is 3.96. The smallest absolute Gasteiger partial charge is 0.240 e. The van der Waals surface area contributed by atoms with Gasteiger partial charge in [-0.05, 0) is 24.6 Å². The van der Waals surface area contributed by atoms with Crippen LogP contribution < -0.4 is 0 Å². The minimum Gasteiger partial charge on any atom is -0.375 e. The lowest BCUT2D eigenvalue weighted by Gasteiger charge is -2.33. The van der Waals surface area contributed by atoms with Gasteiger partial charge in [-0.15, -0.1) is 11.8 Å². The highest BCUT2D eigenvalue weighted by Crippen LogP contribution is 2.36. The van der Waals surface area contributed by atoms with Gasteiger partial charge in [0, 0.05) is 18.0 Å². The lowest BCUT2D eigenvalue weighted by molar-refractivity contribution is -0.137. The maximum Gasteiger partial charge on any atom is 0.240 e. The van der Waals surface area contributed by atoms with Gasteiger partial charge in [0.2, 0.25) is 5.91 Å². The third-order valence-electron chi connectivity index (χ3n) is 3.88. The van der Waals surface area contributed by atoms with Crippen LogP contribution in [0.4, 0.5) is 0 Å². The van der Waals surface area contributed by atoms with Crippen LogP contribution in [0.1, 0.15) is 17.7 Å². The number of morpholine rings is 1. The molecule has 2 unspecified atom stereocenters. The van der Waals surface area contributed by atoms with Crippen LogP contribution in [0.15, 0.2) is 65.6 Å². The van der Waals surface area contributed by atoms with Gasteiger partial charge in [0.15, 0.2) is 0 Å². The molecule has 0 radical (unpaired) electrons. The Labute approximate surface area is 141 Å². The van der Waals surface area contributed by atoms with E-state index >= 15 is 0 Å². The molecule has 0 spiro atoms. The molecular formula is C19H21NO2S. The van der Waals surface area contributed by atoms with Gasteiger partial charge in [-0.1, -0.05) is 48.5 Å². The van der Waals surface area contributed by atoms with Gasteiger partial charge in [0.1, 0.15) is 5.25 Å². The lowest BCUT2D eigenvalue weighted by atomic mass is 10.1. The van der Waals surface area contributed by atoms with Gasteiger partial charge >= 0.3 is 0 Å². The number of carbonyl (C=O) groups excluding carboxylic acids is 1. The molecule has 4 heteroatoms. The van der Waals surface area contributed by atoms with E-state index in [1.54, 1.807) is 11.8 Å². The average Bonchev–Trinajstić information content (AvgIpc) is 2.61. The zero-order valence-corrected chi connectivity index (χ0v) is 14.0. The summed E-state index contributed by atoms with van der Waals surface area (Å²) in [5, 5.41) is -0.219. The average molecular weight is 327 g/mol. The minimum atomic E-state index is -0.219. The van der Waals surface area contributed by atoms with Crippen LogP contribution in [0, 0.1) is 0 Å². The normalized spacial score (nSPS) is 19.3. The molecule has 2 aromatic carbocycles. The van der Waals surface area contributed by atoms with Crippen molar-refractivity contribution in [3.63, 3.8) is 0 Å². The molecule has 0 aliphatic carbocycles. The lowest BCUT2D eigenvalue weighted by Crippen LogP contribution is -2.46. The Hall–Kier alpha value is -1.78. The Kier molecular flexibility index (Phi) is 5.36. The van der Waals surface area contributed by atoms with Crippen molar-refractivity contribution in [1.29, 1.82) is 0 Å². The first-order valence-electron chi connectivity index (χ1n) is 7.91. The molecule has 120 valence electrons. The summed E-state index contributed by atoms with van der Waals surface area (Å²) >= 11 is 1.61. The van der Waals surface area contributed by atoms with Crippen molar-refractivity contribution in [2.75, 3.05) is 19.7 Å². The maximum atomic E-state index is 13.1. The Morgan fingerprint density at radius 3 is 2.43 bits per heavy atom. The highest BCUT2D eigenvalue weighted by molar-refractivity contribution is 8.00. The van der Waals surface area contributed by atoms with Gasteiger partial charge in [-0.3, -0.25) is 4.79 Å². The topological polar surface area (TPSA) is 29.5 Å². The van der Waals surface area contributed by atoms with E-state index in [1.807, 2.05) is 60.4 Å². The van der Waals surface area contributed by atoms with Crippen molar-refractivity contribution in [2.24, 2.45) is 0 Å². The fourth-order valence-electron chi connectivity index (χ4n) is 2.71. The van der Waals surface area contributed by atoms with Crippen LogP contribution in [0.3, 0.4) is 0 Å². The Balaban J connectivity index is 1.84. The molecule has 0 bridgehead atoms. The third-order valence-corrected chi connectivity index (χ3v) is 5.13. The number of rotatable bonds is 4. The molecule has 3 rings (SSSR count). The first-order valence-corrected chi connectivity index (χ1v) is 8.79. The van der Waals surface area contributed by atoms with E-state index in [4.69, 9.17) is 4.74 Å². The molecule has 0 saturated carbocycles. The van der Waals surface area contributed by atoms with Gasteiger partial charge in [-0.25, -0.2) is 0 Å². The maximum absolute atomic E-state index is 13.1. The van der Waals surface area contributed by atoms with E-state index in [1.165, 1.54) is 0 Å². The number of thioether (sulfide) groups is 1. The summed E-state index contributed by atoms with van der Waals surface area (Å²) in [5.74, 6) is 0.167. The molecule has 0 N–H and O–H groups in total. The van der Waals surface area contributed by atoms with E-state index < -0.39 is 0 Å². The van der Waals surface area contributed by atoms with Crippen LogP contribution in [0.25, 0.3) is 0 Å². The van der Waals surface area contributed by atoms with E-state index in [9.17, 15) is 4.79 Å². The summed E-state index contributed by atoms with van der Waals surface area (Å²) in [5.41, 5.74) is 1.05. The molecule has 1 fully saturated rings. The highest BCUT2D eigenvalue weighted by atomic mass is 32.2. The van der Waals surface area contributed by atoms with Gasteiger partial charge in [0.25, 0.3) is 0 Å². The first-order chi connectivity index (χ1) is 11.2. The van der Waals surface area contributed by atoms with Gasteiger partial charge < -0.3 is 9.64 Å². The minimum absolute atomic E-state index is 0.103. The molecule has 0 aromatic heterocycles. The number of nitrogens with zero attached hydrogens (tertiary/aromatic N) is 1. The molecular weight excluding hydrogens is 306 g/mol. The molecule has 1 saturated heterocycles. The zero-order valence-electron chi connectivity index (χ0n) is 13.2. The van der Waals surface area contributed by atoms with Crippen molar-refractivity contribution in [3.8, 4) is 0 Å². The molecule has 1 heterocycles. The molecule has 23 heavy (non-hydrogen) atoms. The molecule has 1 aliphatic heterocycles. The molecule has 1 amide bonds. The number of amides is 1. The molecule has 1 aliphatic rings.